The molecule has 0 saturated carbocycles. The molecule has 3 rings (SSSR count). The molecular formula is C20H25N3O. The molecule has 2 heterocycles. The number of carbonyl (C=O) groups excluding carboxylic acids is 1. The third-order valence-electron chi connectivity index (χ3n) is 4.89. The van der Waals surface area contributed by atoms with Crippen molar-refractivity contribution in [2.75, 3.05) is 13.1 Å². The van der Waals surface area contributed by atoms with E-state index in [1.807, 2.05) is 12.1 Å². The minimum absolute atomic E-state index is 0.0798. The summed E-state index contributed by atoms with van der Waals surface area (Å²) >= 11 is 0. The molecule has 1 amide bonds. The zero-order valence-corrected chi connectivity index (χ0v) is 14.4. The lowest BCUT2D eigenvalue weighted by Crippen LogP contribution is -2.38. The summed E-state index contributed by atoms with van der Waals surface area (Å²) in [5.41, 5.74) is 3.79. The summed E-state index contributed by atoms with van der Waals surface area (Å²) in [5, 5.41) is 2.99. The number of nitrogens with one attached hydrogen (secondary N) is 1. The van der Waals surface area contributed by atoms with E-state index < -0.39 is 0 Å². The quantitative estimate of drug-likeness (QED) is 0.920. The minimum Gasteiger partial charge on any atom is -0.351 e. The predicted octanol–water partition coefficient (Wildman–Crippen LogP) is 2.88. The van der Waals surface area contributed by atoms with Crippen LogP contribution in [0.2, 0.25) is 0 Å². The molecular weight excluding hydrogens is 298 g/mol. The maximum absolute atomic E-state index is 12.3. The van der Waals surface area contributed by atoms with Gasteiger partial charge in [-0.2, -0.15) is 0 Å². The second kappa shape index (κ2) is 7.58. The van der Waals surface area contributed by atoms with Gasteiger partial charge in [0.15, 0.2) is 0 Å². The van der Waals surface area contributed by atoms with Gasteiger partial charge in [-0.3, -0.25) is 14.7 Å². The SMILES string of the molecule is Cc1ccccc1[C@H]1C[C@@H](C)N(CC(=O)NCc2cccnc2)C1. The molecule has 0 unspecified atom stereocenters. The molecule has 1 fully saturated rings. The highest BCUT2D eigenvalue weighted by Crippen LogP contribution is 2.32. The van der Waals surface area contributed by atoms with Crippen LogP contribution in [0.15, 0.2) is 48.8 Å². The molecule has 24 heavy (non-hydrogen) atoms. The van der Waals surface area contributed by atoms with Crippen molar-refractivity contribution in [2.45, 2.75) is 38.8 Å². The number of aryl methyl sites for hydroxylation is 1. The van der Waals surface area contributed by atoms with Crippen LogP contribution in [-0.4, -0.2) is 34.9 Å². The number of hydrogen-bond donors (Lipinski definition) is 1. The van der Waals surface area contributed by atoms with E-state index in [2.05, 4.69) is 53.3 Å². The molecule has 0 bridgehead atoms. The van der Waals surface area contributed by atoms with Gasteiger partial charge in [-0.05, 0) is 48.9 Å². The van der Waals surface area contributed by atoms with Crippen LogP contribution in [0.3, 0.4) is 0 Å². The standard InChI is InChI=1S/C20H25N3O/c1-15-6-3-4-8-19(15)18-10-16(2)23(13-18)14-20(24)22-12-17-7-5-9-21-11-17/h3-9,11,16,18H,10,12-14H2,1-2H3,(H,22,24)/t16-,18+/m1/s1. The first-order chi connectivity index (χ1) is 11.6. The number of benzene rings is 1. The Morgan fingerprint density at radius 3 is 2.88 bits per heavy atom. The fourth-order valence-electron chi connectivity index (χ4n) is 3.53. The van der Waals surface area contributed by atoms with Crippen LogP contribution in [0.1, 0.15) is 36.0 Å². The summed E-state index contributed by atoms with van der Waals surface area (Å²) < 4.78 is 0. The van der Waals surface area contributed by atoms with Crippen molar-refractivity contribution in [1.29, 1.82) is 0 Å². The molecule has 1 aromatic carbocycles. The van der Waals surface area contributed by atoms with E-state index in [1.54, 1.807) is 12.4 Å². The van der Waals surface area contributed by atoms with E-state index in [4.69, 9.17) is 0 Å². The van der Waals surface area contributed by atoms with Gasteiger partial charge in [0.2, 0.25) is 5.91 Å². The van der Waals surface area contributed by atoms with Gasteiger partial charge < -0.3 is 5.32 Å². The Kier molecular flexibility index (Phi) is 5.26. The van der Waals surface area contributed by atoms with E-state index in [0.717, 1.165) is 18.5 Å². The number of nitrogens with zero attached hydrogens (tertiary/aromatic N) is 2. The Bertz CT molecular complexity index is 686. The lowest BCUT2D eigenvalue weighted by molar-refractivity contribution is -0.122. The molecule has 1 aliphatic heterocycles. The van der Waals surface area contributed by atoms with Crippen LogP contribution >= 0.6 is 0 Å². The largest absolute Gasteiger partial charge is 0.351 e. The van der Waals surface area contributed by atoms with Crippen LogP contribution in [0.25, 0.3) is 0 Å². The van der Waals surface area contributed by atoms with Gasteiger partial charge in [-0.1, -0.05) is 30.3 Å². The van der Waals surface area contributed by atoms with E-state index in [9.17, 15) is 4.79 Å². The van der Waals surface area contributed by atoms with Crippen molar-refractivity contribution in [1.82, 2.24) is 15.2 Å². The molecule has 4 heteroatoms. The Morgan fingerprint density at radius 1 is 1.29 bits per heavy atom. The normalized spacial score (nSPS) is 20.9. The first-order valence-electron chi connectivity index (χ1n) is 8.58. The third kappa shape index (κ3) is 4.01. The van der Waals surface area contributed by atoms with Gasteiger partial charge in [0.05, 0.1) is 6.54 Å². The van der Waals surface area contributed by atoms with Crippen molar-refractivity contribution >= 4 is 5.91 Å². The molecule has 126 valence electrons. The van der Waals surface area contributed by atoms with E-state index in [0.29, 0.717) is 25.0 Å². The monoisotopic (exact) mass is 323 g/mol. The summed E-state index contributed by atoms with van der Waals surface area (Å²) in [6.45, 7) is 6.34. The zero-order valence-electron chi connectivity index (χ0n) is 14.4. The number of hydrogen-bond acceptors (Lipinski definition) is 3. The Balaban J connectivity index is 1.54. The number of rotatable bonds is 5. The molecule has 2 atom stereocenters. The molecule has 1 N–H and O–H groups in total. The average molecular weight is 323 g/mol. The van der Waals surface area contributed by atoms with Gasteiger partial charge in [-0.15, -0.1) is 0 Å². The lowest BCUT2D eigenvalue weighted by Gasteiger charge is -2.20. The number of likely N-dealkylation sites (tertiary alicyclic amines) is 1. The molecule has 4 nitrogen and oxygen atoms in total. The smallest absolute Gasteiger partial charge is 0.234 e. The Labute approximate surface area is 143 Å². The van der Waals surface area contributed by atoms with E-state index >= 15 is 0 Å². The average Bonchev–Trinajstić information content (AvgIpc) is 2.95. The van der Waals surface area contributed by atoms with Crippen LogP contribution in [0.4, 0.5) is 0 Å². The maximum Gasteiger partial charge on any atom is 0.234 e. The summed E-state index contributed by atoms with van der Waals surface area (Å²) in [6, 6.07) is 12.9. The number of carbonyl (C=O) groups is 1. The first-order valence-corrected chi connectivity index (χ1v) is 8.58. The second-order valence-corrected chi connectivity index (χ2v) is 6.71. The van der Waals surface area contributed by atoms with Crippen molar-refractivity contribution < 1.29 is 4.79 Å². The topological polar surface area (TPSA) is 45.2 Å². The molecule has 1 aliphatic rings. The maximum atomic E-state index is 12.3. The van der Waals surface area contributed by atoms with Gasteiger partial charge in [-0.25, -0.2) is 0 Å². The molecule has 1 aromatic heterocycles. The Morgan fingerprint density at radius 2 is 2.12 bits per heavy atom. The fraction of sp³-hybridized carbons (Fsp3) is 0.400. The van der Waals surface area contributed by atoms with Crippen molar-refractivity contribution in [3.8, 4) is 0 Å². The minimum atomic E-state index is 0.0798. The number of aromatic nitrogens is 1. The molecule has 0 spiro atoms. The van der Waals surface area contributed by atoms with Crippen LogP contribution < -0.4 is 5.32 Å². The Hall–Kier alpha value is -2.20. The zero-order chi connectivity index (χ0) is 16.9. The molecule has 0 radical (unpaired) electrons. The summed E-state index contributed by atoms with van der Waals surface area (Å²) in [4.78, 5) is 18.6. The van der Waals surface area contributed by atoms with Gasteiger partial charge in [0.1, 0.15) is 0 Å². The fourth-order valence-corrected chi connectivity index (χ4v) is 3.53. The molecule has 0 aliphatic carbocycles. The third-order valence-corrected chi connectivity index (χ3v) is 4.89. The van der Waals surface area contributed by atoms with Crippen molar-refractivity contribution in [3.63, 3.8) is 0 Å². The number of pyridine rings is 1. The van der Waals surface area contributed by atoms with Gasteiger partial charge in [0, 0.05) is 31.5 Å². The molecule has 2 aromatic rings. The highest BCUT2D eigenvalue weighted by Gasteiger charge is 2.31. The van der Waals surface area contributed by atoms with E-state index in [1.165, 1.54) is 11.1 Å². The summed E-state index contributed by atoms with van der Waals surface area (Å²) in [6.07, 6.45) is 4.64. The van der Waals surface area contributed by atoms with Crippen LogP contribution in [0.5, 0.6) is 0 Å². The van der Waals surface area contributed by atoms with Crippen LogP contribution in [0, 0.1) is 6.92 Å². The first kappa shape index (κ1) is 16.7. The summed E-state index contributed by atoms with van der Waals surface area (Å²) in [7, 11) is 0. The summed E-state index contributed by atoms with van der Waals surface area (Å²) in [5.74, 6) is 0.600. The highest BCUT2D eigenvalue weighted by atomic mass is 16.2. The van der Waals surface area contributed by atoms with Crippen LogP contribution in [-0.2, 0) is 11.3 Å². The molecule has 1 saturated heterocycles. The predicted molar refractivity (Wildman–Crippen MR) is 95.7 cm³/mol. The lowest BCUT2D eigenvalue weighted by atomic mass is 9.93. The van der Waals surface area contributed by atoms with Crippen molar-refractivity contribution in [2.24, 2.45) is 0 Å². The second-order valence-electron chi connectivity index (χ2n) is 6.71. The van der Waals surface area contributed by atoms with Crippen molar-refractivity contribution in [3.05, 3.63) is 65.5 Å². The number of amides is 1. The van der Waals surface area contributed by atoms with Gasteiger partial charge in [0.25, 0.3) is 0 Å². The van der Waals surface area contributed by atoms with Gasteiger partial charge >= 0.3 is 0 Å². The highest BCUT2D eigenvalue weighted by molar-refractivity contribution is 5.78. The van der Waals surface area contributed by atoms with E-state index in [-0.39, 0.29) is 5.91 Å².